The van der Waals surface area contributed by atoms with E-state index in [9.17, 15) is 9.90 Å². The molecule has 1 aromatic rings. The van der Waals surface area contributed by atoms with Crippen LogP contribution in [0.25, 0.3) is 0 Å². The average Bonchev–Trinajstić information content (AvgIpc) is 2.88. The molecule has 1 aromatic heterocycles. The van der Waals surface area contributed by atoms with E-state index in [2.05, 4.69) is 10.4 Å². The highest BCUT2D eigenvalue weighted by Crippen LogP contribution is 2.22. The molecule has 0 aromatic carbocycles. The van der Waals surface area contributed by atoms with E-state index in [-0.39, 0.29) is 23.8 Å². The van der Waals surface area contributed by atoms with E-state index >= 15 is 0 Å². The van der Waals surface area contributed by atoms with Crippen molar-refractivity contribution in [2.75, 3.05) is 6.61 Å². The summed E-state index contributed by atoms with van der Waals surface area (Å²) in [5.41, 5.74) is 0.484. The molecule has 0 radical (unpaired) electrons. The summed E-state index contributed by atoms with van der Waals surface area (Å²) in [7, 11) is 1.73. The van der Waals surface area contributed by atoms with Crippen molar-refractivity contribution in [3.63, 3.8) is 0 Å². The zero-order valence-corrected chi connectivity index (χ0v) is 10.7. The van der Waals surface area contributed by atoms with Crippen LogP contribution in [0.15, 0.2) is 6.20 Å². The molecule has 0 saturated carbocycles. The number of aromatic hydroxyl groups is 1. The summed E-state index contributed by atoms with van der Waals surface area (Å²) in [6, 6.07) is -0.305. The van der Waals surface area contributed by atoms with Crippen molar-refractivity contribution >= 4 is 5.91 Å². The molecule has 100 valence electrons. The highest BCUT2D eigenvalue weighted by molar-refractivity contribution is 5.77. The molecule has 2 atom stereocenters. The van der Waals surface area contributed by atoms with Crippen LogP contribution in [0.2, 0.25) is 0 Å². The lowest BCUT2D eigenvalue weighted by molar-refractivity contribution is -0.123. The Balaban J connectivity index is 1.88. The molecular weight excluding hydrogens is 234 g/mol. The fraction of sp³-hybridized carbons (Fsp3) is 0.667. The van der Waals surface area contributed by atoms with Crippen LogP contribution in [0, 0.1) is 0 Å². The van der Waals surface area contributed by atoms with Gasteiger partial charge in [0.25, 0.3) is 0 Å². The fourth-order valence-electron chi connectivity index (χ4n) is 2.18. The summed E-state index contributed by atoms with van der Waals surface area (Å²) in [4.78, 5) is 11.8. The van der Waals surface area contributed by atoms with Crippen LogP contribution >= 0.6 is 0 Å². The van der Waals surface area contributed by atoms with Gasteiger partial charge in [0.05, 0.1) is 24.8 Å². The van der Waals surface area contributed by atoms with Gasteiger partial charge in [0, 0.05) is 13.7 Å². The predicted octanol–water partition coefficient (Wildman–Crippen LogP) is 0.872. The molecule has 1 aliphatic heterocycles. The van der Waals surface area contributed by atoms with Gasteiger partial charge in [-0.15, -0.1) is 0 Å². The molecule has 0 spiro atoms. The third-order valence-corrected chi connectivity index (χ3v) is 3.06. The summed E-state index contributed by atoms with van der Waals surface area (Å²) in [5.74, 6) is 0.0295. The van der Waals surface area contributed by atoms with Crippen molar-refractivity contribution in [2.45, 2.75) is 38.3 Å². The zero-order valence-electron chi connectivity index (χ0n) is 10.7. The normalized spacial score (nSPS) is 20.9. The number of hydrogen-bond donors (Lipinski definition) is 2. The monoisotopic (exact) mass is 253 g/mol. The van der Waals surface area contributed by atoms with Crippen LogP contribution in [-0.2, 0) is 16.6 Å². The average molecular weight is 253 g/mol. The minimum atomic E-state index is -0.305. The van der Waals surface area contributed by atoms with Gasteiger partial charge in [-0.1, -0.05) is 0 Å². The Kier molecular flexibility index (Phi) is 3.86. The maximum Gasteiger partial charge on any atom is 0.223 e. The Hall–Kier alpha value is -1.56. The maximum absolute atomic E-state index is 11.8. The number of nitrogens with zero attached hydrogens (tertiary/aromatic N) is 2. The highest BCUT2D eigenvalue weighted by Gasteiger charge is 2.22. The van der Waals surface area contributed by atoms with Gasteiger partial charge in [-0.2, -0.15) is 5.10 Å². The molecule has 2 heterocycles. The Morgan fingerprint density at radius 3 is 3.11 bits per heavy atom. The number of hydrogen-bond acceptors (Lipinski definition) is 4. The molecule has 1 saturated heterocycles. The standard InChI is InChI=1S/C12H19N3O3/c1-8(12-10(16)7-15(2)14-12)13-11(17)6-9-4-3-5-18-9/h7-9,16H,3-6H2,1-2H3,(H,13,17). The summed E-state index contributed by atoms with van der Waals surface area (Å²) in [6.45, 7) is 2.55. The van der Waals surface area contributed by atoms with E-state index in [0.29, 0.717) is 12.1 Å². The minimum absolute atomic E-state index is 0.0366. The lowest BCUT2D eigenvalue weighted by atomic mass is 10.1. The molecule has 6 heteroatoms. The largest absolute Gasteiger partial charge is 0.504 e. The van der Waals surface area contributed by atoms with E-state index in [1.54, 1.807) is 14.0 Å². The van der Waals surface area contributed by atoms with E-state index in [1.807, 2.05) is 0 Å². The first-order valence-corrected chi connectivity index (χ1v) is 6.19. The van der Waals surface area contributed by atoms with Gasteiger partial charge < -0.3 is 15.2 Å². The smallest absolute Gasteiger partial charge is 0.223 e. The SMILES string of the molecule is CC(NC(=O)CC1CCCO1)c1nn(C)cc1O. The van der Waals surface area contributed by atoms with Gasteiger partial charge >= 0.3 is 0 Å². The molecule has 1 aliphatic rings. The van der Waals surface area contributed by atoms with Gasteiger partial charge in [-0.25, -0.2) is 0 Å². The third-order valence-electron chi connectivity index (χ3n) is 3.06. The van der Waals surface area contributed by atoms with Gasteiger partial charge in [0.2, 0.25) is 5.91 Å². The lowest BCUT2D eigenvalue weighted by Crippen LogP contribution is -2.30. The van der Waals surface area contributed by atoms with Gasteiger partial charge in [0.15, 0.2) is 5.75 Å². The molecular formula is C12H19N3O3. The second kappa shape index (κ2) is 5.39. The van der Waals surface area contributed by atoms with Crippen LogP contribution < -0.4 is 5.32 Å². The first-order chi connectivity index (χ1) is 8.56. The van der Waals surface area contributed by atoms with Crippen molar-refractivity contribution in [3.05, 3.63) is 11.9 Å². The van der Waals surface area contributed by atoms with Crippen molar-refractivity contribution < 1.29 is 14.6 Å². The second-order valence-electron chi connectivity index (χ2n) is 4.70. The molecule has 1 fully saturated rings. The van der Waals surface area contributed by atoms with Crippen LogP contribution in [0.4, 0.5) is 0 Å². The third kappa shape index (κ3) is 3.01. The molecule has 0 aliphatic carbocycles. The number of nitrogens with one attached hydrogen (secondary N) is 1. The topological polar surface area (TPSA) is 76.4 Å². The lowest BCUT2D eigenvalue weighted by Gasteiger charge is -2.14. The summed E-state index contributed by atoms with van der Waals surface area (Å²) in [5, 5.41) is 16.6. The van der Waals surface area contributed by atoms with Crippen LogP contribution in [-0.4, -0.2) is 33.5 Å². The summed E-state index contributed by atoms with van der Waals surface area (Å²) < 4.78 is 6.93. The Morgan fingerprint density at radius 2 is 2.56 bits per heavy atom. The highest BCUT2D eigenvalue weighted by atomic mass is 16.5. The first-order valence-electron chi connectivity index (χ1n) is 6.19. The van der Waals surface area contributed by atoms with E-state index in [1.165, 1.54) is 10.9 Å². The molecule has 18 heavy (non-hydrogen) atoms. The molecule has 2 N–H and O–H groups in total. The molecule has 1 amide bonds. The van der Waals surface area contributed by atoms with Crippen molar-refractivity contribution in [1.82, 2.24) is 15.1 Å². The zero-order chi connectivity index (χ0) is 13.1. The Labute approximate surface area is 106 Å². The molecule has 2 unspecified atom stereocenters. The molecule has 0 bridgehead atoms. The van der Waals surface area contributed by atoms with E-state index in [0.717, 1.165) is 19.4 Å². The van der Waals surface area contributed by atoms with Crippen LogP contribution in [0.3, 0.4) is 0 Å². The van der Waals surface area contributed by atoms with Crippen LogP contribution in [0.1, 0.15) is 37.9 Å². The van der Waals surface area contributed by atoms with Crippen molar-refractivity contribution in [3.8, 4) is 5.75 Å². The Bertz CT molecular complexity index is 424. The molecule has 6 nitrogen and oxygen atoms in total. The number of carbonyl (C=O) groups is 1. The number of amides is 1. The van der Waals surface area contributed by atoms with Crippen molar-refractivity contribution in [2.24, 2.45) is 7.05 Å². The van der Waals surface area contributed by atoms with Gasteiger partial charge in [-0.3, -0.25) is 9.48 Å². The number of carbonyl (C=O) groups excluding carboxylic acids is 1. The van der Waals surface area contributed by atoms with Crippen molar-refractivity contribution in [1.29, 1.82) is 0 Å². The molecule has 2 rings (SSSR count). The number of ether oxygens (including phenoxy) is 1. The van der Waals surface area contributed by atoms with Gasteiger partial charge in [-0.05, 0) is 19.8 Å². The summed E-state index contributed by atoms with van der Waals surface area (Å²) in [6.07, 6.45) is 3.88. The van der Waals surface area contributed by atoms with E-state index < -0.39 is 0 Å². The number of rotatable bonds is 4. The number of aromatic nitrogens is 2. The van der Waals surface area contributed by atoms with Crippen LogP contribution in [0.5, 0.6) is 5.75 Å². The quantitative estimate of drug-likeness (QED) is 0.835. The van der Waals surface area contributed by atoms with Gasteiger partial charge in [0.1, 0.15) is 5.69 Å². The second-order valence-corrected chi connectivity index (χ2v) is 4.70. The van der Waals surface area contributed by atoms with E-state index in [4.69, 9.17) is 4.74 Å². The Morgan fingerprint density at radius 1 is 1.78 bits per heavy atom. The minimum Gasteiger partial charge on any atom is -0.504 e. The summed E-state index contributed by atoms with van der Waals surface area (Å²) >= 11 is 0. The fourth-order valence-corrected chi connectivity index (χ4v) is 2.18. The number of aryl methyl sites for hydroxylation is 1. The first kappa shape index (κ1) is 12.9. The predicted molar refractivity (Wildman–Crippen MR) is 65.0 cm³/mol. The maximum atomic E-state index is 11.8.